The van der Waals surface area contributed by atoms with E-state index in [0.29, 0.717) is 62.0 Å². The van der Waals surface area contributed by atoms with Gasteiger partial charge in [-0.05, 0) is 55.0 Å². The second-order valence-electron chi connectivity index (χ2n) is 11.0. The number of carbonyl (C=O) groups excluding carboxylic acids is 2. The molecule has 46 heavy (non-hydrogen) atoms. The van der Waals surface area contributed by atoms with Gasteiger partial charge in [-0.2, -0.15) is 8.78 Å². The Morgan fingerprint density at radius 3 is 2.43 bits per heavy atom. The Morgan fingerprint density at radius 2 is 1.74 bits per heavy atom. The van der Waals surface area contributed by atoms with Crippen molar-refractivity contribution in [1.29, 1.82) is 0 Å². The van der Waals surface area contributed by atoms with Crippen molar-refractivity contribution >= 4 is 35.1 Å². The van der Waals surface area contributed by atoms with Crippen LogP contribution in [-0.4, -0.2) is 111 Å². The first-order chi connectivity index (χ1) is 22.2. The zero-order valence-electron chi connectivity index (χ0n) is 24.9. The number of aryl methyl sites for hydroxylation is 1. The van der Waals surface area contributed by atoms with Crippen LogP contribution in [0, 0.1) is 6.92 Å². The van der Waals surface area contributed by atoms with Gasteiger partial charge in [0.05, 0.1) is 11.9 Å². The average Bonchev–Trinajstić information content (AvgIpc) is 3.50. The average molecular weight is 635 g/mol. The van der Waals surface area contributed by atoms with Crippen LogP contribution in [0.15, 0.2) is 61.1 Å². The number of amides is 3. The third kappa shape index (κ3) is 6.40. The van der Waals surface area contributed by atoms with E-state index in [-0.39, 0.29) is 24.2 Å². The lowest BCUT2D eigenvalue weighted by molar-refractivity contribution is -0.140. The van der Waals surface area contributed by atoms with Gasteiger partial charge in [-0.15, -0.1) is 0 Å². The van der Waals surface area contributed by atoms with Gasteiger partial charge < -0.3 is 35.2 Å². The maximum Gasteiger partial charge on any atom is 0.387 e. The summed E-state index contributed by atoms with van der Waals surface area (Å²) in [5.74, 6) is -0.564. The van der Waals surface area contributed by atoms with E-state index in [0.717, 1.165) is 16.8 Å². The molecule has 0 spiro atoms. The van der Waals surface area contributed by atoms with Gasteiger partial charge in [0.1, 0.15) is 11.8 Å². The Kier molecular flexibility index (Phi) is 8.66. The third-order valence-corrected chi connectivity index (χ3v) is 8.10. The van der Waals surface area contributed by atoms with Crippen LogP contribution in [0.4, 0.5) is 25.1 Å². The van der Waals surface area contributed by atoms with E-state index in [9.17, 15) is 28.3 Å². The molecule has 2 aliphatic heterocycles. The van der Waals surface area contributed by atoms with E-state index in [1.165, 1.54) is 12.1 Å². The van der Waals surface area contributed by atoms with Crippen LogP contribution in [0.3, 0.4) is 0 Å². The molecule has 4 heterocycles. The summed E-state index contributed by atoms with van der Waals surface area (Å²) in [6.45, 7) is 1.37. The van der Waals surface area contributed by atoms with Crippen molar-refractivity contribution in [2.45, 2.75) is 19.6 Å². The first kappa shape index (κ1) is 30.7. The number of hydrogen-bond acceptors (Lipinski definition) is 8. The highest BCUT2D eigenvalue weighted by atomic mass is 19.3. The van der Waals surface area contributed by atoms with E-state index in [4.69, 9.17) is 0 Å². The standard InChI is InChI=1S/C31H32F2N8O5/c1-19-16-21(37-26-27-36-17-25(41(27)11-9-35-26)20-2-5-22(6-3-20)46-30(32)33)4-7-23(19)28(42)38-12-14-39(15-13-38)31(45)40-10-8-34-24(18-40)29(43)44/h2-7,9,11,16-17,24,30,34H,8,10,12-15,18H2,1H3,(H,35,37)(H,43,44)/t24-/m0/s1. The molecule has 2 aliphatic rings. The Morgan fingerprint density at radius 1 is 1.00 bits per heavy atom. The molecule has 3 N–H and O–H groups in total. The van der Waals surface area contributed by atoms with Crippen LogP contribution in [-0.2, 0) is 4.79 Å². The molecule has 0 bridgehead atoms. The van der Waals surface area contributed by atoms with Crippen molar-refractivity contribution in [2.75, 3.05) is 51.1 Å². The van der Waals surface area contributed by atoms with E-state index in [2.05, 4.69) is 25.3 Å². The predicted octanol–water partition coefficient (Wildman–Crippen LogP) is 3.29. The van der Waals surface area contributed by atoms with Gasteiger partial charge in [-0.25, -0.2) is 14.8 Å². The molecule has 2 aromatic heterocycles. The smallest absolute Gasteiger partial charge is 0.387 e. The number of anilines is 2. The van der Waals surface area contributed by atoms with Gasteiger partial charge in [0.15, 0.2) is 11.5 Å². The lowest BCUT2D eigenvalue weighted by Crippen LogP contribution is -2.60. The SMILES string of the molecule is Cc1cc(Nc2nccn3c(-c4ccc(OC(F)F)cc4)cnc23)ccc1C(=O)N1CCN(C(=O)N2CCN[C@H](C(=O)O)C2)CC1. The minimum Gasteiger partial charge on any atom is -0.480 e. The first-order valence-electron chi connectivity index (χ1n) is 14.7. The van der Waals surface area contributed by atoms with Crippen LogP contribution in [0.1, 0.15) is 15.9 Å². The number of hydrogen-bond donors (Lipinski definition) is 3. The number of urea groups is 1. The van der Waals surface area contributed by atoms with Crippen LogP contribution in [0.25, 0.3) is 16.9 Å². The normalized spacial score (nSPS) is 17.0. The number of fused-ring (bicyclic) bond motifs is 1. The van der Waals surface area contributed by atoms with Crippen LogP contribution >= 0.6 is 0 Å². The molecule has 0 aliphatic carbocycles. The Balaban J connectivity index is 1.09. The number of halogens is 2. The minimum absolute atomic E-state index is 0.0642. The van der Waals surface area contributed by atoms with Gasteiger partial charge in [0, 0.05) is 75.0 Å². The Bertz CT molecular complexity index is 1760. The monoisotopic (exact) mass is 634 g/mol. The molecule has 2 fully saturated rings. The fraction of sp³-hybridized carbons (Fsp3) is 0.323. The number of aliphatic carboxylic acids is 1. The number of nitrogens with zero attached hydrogens (tertiary/aromatic N) is 6. The molecule has 0 unspecified atom stereocenters. The molecule has 2 aromatic carbocycles. The fourth-order valence-corrected chi connectivity index (χ4v) is 5.71. The minimum atomic E-state index is -2.90. The summed E-state index contributed by atoms with van der Waals surface area (Å²) in [7, 11) is 0. The number of benzene rings is 2. The summed E-state index contributed by atoms with van der Waals surface area (Å²) in [5, 5.41) is 15.5. The summed E-state index contributed by atoms with van der Waals surface area (Å²) in [6, 6.07) is 10.7. The summed E-state index contributed by atoms with van der Waals surface area (Å²) >= 11 is 0. The van der Waals surface area contributed by atoms with Crippen molar-refractivity contribution < 1.29 is 33.0 Å². The number of imidazole rings is 1. The zero-order valence-corrected chi connectivity index (χ0v) is 24.9. The van der Waals surface area contributed by atoms with Gasteiger partial charge in [-0.1, -0.05) is 0 Å². The number of alkyl halides is 2. The number of aromatic nitrogens is 3. The van der Waals surface area contributed by atoms with Crippen LogP contribution in [0.5, 0.6) is 5.75 Å². The van der Waals surface area contributed by atoms with Crippen molar-refractivity contribution in [1.82, 2.24) is 34.4 Å². The number of carboxylic acids is 1. The lowest BCUT2D eigenvalue weighted by Gasteiger charge is -2.39. The van der Waals surface area contributed by atoms with Crippen LogP contribution in [0.2, 0.25) is 0 Å². The molecule has 2 saturated heterocycles. The number of carbonyl (C=O) groups is 3. The molecule has 13 nitrogen and oxygen atoms in total. The molecule has 240 valence electrons. The number of nitrogens with one attached hydrogen (secondary N) is 2. The largest absolute Gasteiger partial charge is 0.480 e. The highest BCUT2D eigenvalue weighted by Crippen LogP contribution is 2.28. The molecule has 0 saturated carbocycles. The Hall–Kier alpha value is -5.31. The van der Waals surface area contributed by atoms with Gasteiger partial charge in [0.25, 0.3) is 5.91 Å². The number of piperazine rings is 2. The number of carboxylic acid groups (broad SMARTS) is 1. The zero-order chi connectivity index (χ0) is 32.4. The van der Waals surface area contributed by atoms with Gasteiger partial charge >= 0.3 is 18.6 Å². The molecular formula is C31H32F2N8O5. The second kappa shape index (κ2) is 13.0. The lowest BCUT2D eigenvalue weighted by atomic mass is 10.1. The van der Waals surface area contributed by atoms with E-state index >= 15 is 0 Å². The fourth-order valence-electron chi connectivity index (χ4n) is 5.71. The van der Waals surface area contributed by atoms with Crippen molar-refractivity contribution in [3.63, 3.8) is 0 Å². The number of ether oxygens (including phenoxy) is 1. The Labute approximate surface area is 262 Å². The molecule has 1 atom stereocenters. The molecule has 6 rings (SSSR count). The molecule has 0 radical (unpaired) electrons. The third-order valence-electron chi connectivity index (χ3n) is 8.10. The van der Waals surface area contributed by atoms with E-state index < -0.39 is 18.6 Å². The van der Waals surface area contributed by atoms with Crippen molar-refractivity contribution in [3.05, 3.63) is 72.2 Å². The summed E-state index contributed by atoms with van der Waals surface area (Å²) < 4.78 is 31.3. The van der Waals surface area contributed by atoms with Crippen molar-refractivity contribution in [2.24, 2.45) is 0 Å². The second-order valence-corrected chi connectivity index (χ2v) is 11.0. The highest BCUT2D eigenvalue weighted by Gasteiger charge is 2.32. The maximum absolute atomic E-state index is 13.4. The van der Waals surface area contributed by atoms with Gasteiger partial charge in [0.2, 0.25) is 0 Å². The topological polar surface area (TPSA) is 145 Å². The molecular weight excluding hydrogens is 602 g/mol. The van der Waals surface area contributed by atoms with Crippen molar-refractivity contribution in [3.8, 4) is 17.0 Å². The van der Waals surface area contributed by atoms with Crippen LogP contribution < -0.4 is 15.4 Å². The summed E-state index contributed by atoms with van der Waals surface area (Å²) in [6.07, 6.45) is 5.04. The molecule has 15 heteroatoms. The van der Waals surface area contributed by atoms with E-state index in [1.807, 2.05) is 17.4 Å². The highest BCUT2D eigenvalue weighted by molar-refractivity contribution is 5.96. The summed E-state index contributed by atoms with van der Waals surface area (Å²) in [5.41, 5.74) is 4.06. The van der Waals surface area contributed by atoms with Gasteiger partial charge in [-0.3, -0.25) is 14.0 Å². The molecule has 4 aromatic rings. The predicted molar refractivity (Wildman–Crippen MR) is 163 cm³/mol. The first-order valence-corrected chi connectivity index (χ1v) is 14.7. The number of rotatable bonds is 7. The molecule has 3 amide bonds. The quantitative estimate of drug-likeness (QED) is 0.279. The maximum atomic E-state index is 13.4. The van der Waals surface area contributed by atoms with E-state index in [1.54, 1.807) is 57.6 Å². The summed E-state index contributed by atoms with van der Waals surface area (Å²) in [4.78, 5) is 51.6.